The van der Waals surface area contributed by atoms with Crippen LogP contribution < -0.4 is 5.32 Å². The lowest BCUT2D eigenvalue weighted by molar-refractivity contribution is 0.0751. The molecule has 1 fully saturated rings. The Bertz CT molecular complexity index is 142. The minimum absolute atomic E-state index is 0.765. The molecule has 4 heteroatoms. The van der Waals surface area contributed by atoms with Crippen molar-refractivity contribution in [2.24, 2.45) is 5.10 Å². The van der Waals surface area contributed by atoms with E-state index in [2.05, 4.69) is 10.4 Å². The van der Waals surface area contributed by atoms with Crippen molar-refractivity contribution in [3.63, 3.8) is 0 Å². The zero-order chi connectivity index (χ0) is 6.81. The number of rotatable bonds is 1. The molecule has 1 radical (unpaired) electrons. The lowest BCUT2D eigenvalue weighted by Crippen LogP contribution is -2.29. The van der Waals surface area contributed by atoms with Crippen LogP contribution in [0.4, 0.5) is 0 Å². The molecule has 0 bridgehead atoms. The van der Waals surface area contributed by atoms with Crippen LogP contribution in [0.15, 0.2) is 5.10 Å². The highest BCUT2D eigenvalue weighted by Crippen LogP contribution is 2.14. The summed E-state index contributed by atoms with van der Waals surface area (Å²) < 4.78 is 5.25. The van der Waals surface area contributed by atoms with Crippen molar-refractivity contribution in [3.8, 4) is 0 Å². The summed E-state index contributed by atoms with van der Waals surface area (Å²) in [5, 5.41) is 9.06. The minimum atomic E-state index is 0.765. The van der Waals surface area contributed by atoms with E-state index in [1.807, 2.05) is 11.2 Å². The Labute approximate surface area is 59.8 Å². The molecule has 0 aromatic rings. The van der Waals surface area contributed by atoms with Gasteiger partial charge >= 0.3 is 0 Å². The van der Waals surface area contributed by atoms with Crippen LogP contribution in [0.2, 0.25) is 0 Å². The van der Waals surface area contributed by atoms with Crippen LogP contribution >= 0.6 is 0 Å². The maximum Gasteiger partial charge on any atom is 0.280 e. The predicted molar refractivity (Wildman–Crippen MR) is 37.0 cm³/mol. The lowest BCUT2D eigenvalue weighted by Gasteiger charge is -2.17. The van der Waals surface area contributed by atoms with Gasteiger partial charge in [-0.2, -0.15) is 5.10 Å². The lowest BCUT2D eigenvalue weighted by atomic mass is 10.5. The maximum absolute atomic E-state index is 5.25. The summed E-state index contributed by atoms with van der Waals surface area (Å²) in [5.74, 6) is 0. The number of nitrogens with one attached hydrogen (secondary N) is 1. The van der Waals surface area contributed by atoms with E-state index in [4.69, 9.17) is 4.74 Å². The van der Waals surface area contributed by atoms with E-state index in [1.54, 1.807) is 0 Å². The van der Waals surface area contributed by atoms with Crippen molar-refractivity contribution in [1.82, 2.24) is 10.3 Å². The molecule has 4 nitrogen and oxygen atoms in total. The van der Waals surface area contributed by atoms with Crippen LogP contribution in [0, 0.1) is 6.35 Å². The number of hydrogen-bond acceptors (Lipinski definition) is 4. The summed E-state index contributed by atoms with van der Waals surface area (Å²) in [6.07, 6.45) is 3.74. The fraction of sp³-hybridized carbons (Fsp3) is 0.667. The average Bonchev–Trinajstić information content (AvgIpc) is 2.59. The molecule has 0 saturated carbocycles. The third-order valence-corrected chi connectivity index (χ3v) is 1.54. The Morgan fingerprint density at radius 3 is 3.30 bits per heavy atom. The van der Waals surface area contributed by atoms with Crippen LogP contribution in [0.25, 0.3) is 0 Å². The molecule has 2 heterocycles. The minimum Gasteiger partial charge on any atom is -0.335 e. The molecule has 0 aliphatic carbocycles. The van der Waals surface area contributed by atoms with Crippen LogP contribution in [0.3, 0.4) is 0 Å². The van der Waals surface area contributed by atoms with Crippen molar-refractivity contribution in [3.05, 3.63) is 6.35 Å². The van der Waals surface area contributed by atoms with Gasteiger partial charge in [0.2, 0.25) is 0 Å². The summed E-state index contributed by atoms with van der Waals surface area (Å²) in [6.45, 7) is 2.62. The molecule has 0 amide bonds. The summed E-state index contributed by atoms with van der Waals surface area (Å²) in [5.41, 5.74) is 0. The van der Waals surface area contributed by atoms with Gasteiger partial charge in [-0.05, 0) is 0 Å². The summed E-state index contributed by atoms with van der Waals surface area (Å²) in [4.78, 5) is 0. The molecule has 0 aromatic carbocycles. The highest BCUT2D eigenvalue weighted by molar-refractivity contribution is 5.58. The van der Waals surface area contributed by atoms with Crippen LogP contribution in [-0.2, 0) is 4.74 Å². The monoisotopic (exact) mass is 140 g/mol. The van der Waals surface area contributed by atoms with E-state index in [9.17, 15) is 0 Å². The fourth-order valence-corrected chi connectivity index (χ4v) is 1.07. The molecular weight excluding hydrogens is 130 g/mol. The first-order valence-corrected chi connectivity index (χ1v) is 3.50. The van der Waals surface area contributed by atoms with Gasteiger partial charge in [0.1, 0.15) is 0 Å². The number of hydrazone groups is 1. The SMILES string of the molecule is C1=NN([C]2NCCO2)CC1. The van der Waals surface area contributed by atoms with Gasteiger partial charge in [0.15, 0.2) is 0 Å². The van der Waals surface area contributed by atoms with E-state index in [1.165, 1.54) is 0 Å². The normalized spacial score (nSPS) is 26.6. The molecule has 2 rings (SSSR count). The molecule has 0 aromatic heterocycles. The highest BCUT2D eigenvalue weighted by atomic mass is 16.5. The molecule has 2 aliphatic heterocycles. The molecule has 2 aliphatic rings. The molecule has 1 N–H and O–H groups in total. The summed E-state index contributed by atoms with van der Waals surface area (Å²) >= 11 is 0. The van der Waals surface area contributed by atoms with Gasteiger partial charge in [0, 0.05) is 25.7 Å². The predicted octanol–water partition coefficient (Wildman–Crippen LogP) is -0.255. The van der Waals surface area contributed by atoms with E-state index in [0.29, 0.717) is 0 Å². The molecule has 10 heavy (non-hydrogen) atoms. The van der Waals surface area contributed by atoms with Crippen molar-refractivity contribution in [1.29, 1.82) is 0 Å². The molecule has 0 atom stereocenters. The smallest absolute Gasteiger partial charge is 0.280 e. The average molecular weight is 140 g/mol. The topological polar surface area (TPSA) is 36.9 Å². The molecular formula is C6H10N3O. The second-order valence-corrected chi connectivity index (χ2v) is 2.29. The molecule has 1 saturated heterocycles. The van der Waals surface area contributed by atoms with Crippen LogP contribution in [0.1, 0.15) is 6.42 Å². The molecule has 55 valence electrons. The van der Waals surface area contributed by atoms with E-state index in [0.717, 1.165) is 32.5 Å². The Balaban J connectivity index is 1.91. The van der Waals surface area contributed by atoms with Crippen LogP contribution in [-0.4, -0.2) is 30.9 Å². The third kappa shape index (κ3) is 0.998. The number of ether oxygens (including phenoxy) is 1. The second kappa shape index (κ2) is 2.56. The van der Waals surface area contributed by atoms with Gasteiger partial charge in [-0.3, -0.25) is 5.32 Å². The van der Waals surface area contributed by atoms with Gasteiger partial charge in [-0.1, -0.05) is 0 Å². The van der Waals surface area contributed by atoms with Gasteiger partial charge in [-0.25, -0.2) is 5.01 Å². The molecule has 0 unspecified atom stereocenters. The first kappa shape index (κ1) is 6.12. The Kier molecular flexibility index (Phi) is 1.56. The van der Waals surface area contributed by atoms with E-state index < -0.39 is 0 Å². The van der Waals surface area contributed by atoms with E-state index in [-0.39, 0.29) is 0 Å². The summed E-state index contributed by atoms with van der Waals surface area (Å²) in [6, 6.07) is 0. The first-order valence-electron chi connectivity index (χ1n) is 3.50. The van der Waals surface area contributed by atoms with Crippen LogP contribution in [0.5, 0.6) is 0 Å². The number of nitrogens with zero attached hydrogens (tertiary/aromatic N) is 2. The largest absolute Gasteiger partial charge is 0.335 e. The zero-order valence-corrected chi connectivity index (χ0v) is 5.71. The zero-order valence-electron chi connectivity index (χ0n) is 5.71. The molecule has 0 spiro atoms. The van der Waals surface area contributed by atoms with Gasteiger partial charge in [0.25, 0.3) is 6.35 Å². The second-order valence-electron chi connectivity index (χ2n) is 2.29. The number of hydrogen-bond donors (Lipinski definition) is 1. The van der Waals surface area contributed by atoms with Crippen molar-refractivity contribution < 1.29 is 4.74 Å². The maximum atomic E-state index is 5.25. The fourth-order valence-electron chi connectivity index (χ4n) is 1.07. The van der Waals surface area contributed by atoms with E-state index >= 15 is 0 Å². The van der Waals surface area contributed by atoms with Gasteiger partial charge < -0.3 is 4.74 Å². The van der Waals surface area contributed by atoms with Crippen molar-refractivity contribution in [2.75, 3.05) is 19.7 Å². The van der Waals surface area contributed by atoms with Crippen molar-refractivity contribution >= 4 is 6.21 Å². The standard InChI is InChI=1S/C6H10N3O/c1-2-8-9(4-1)6-7-3-5-10-6/h2,7H,1,3-5H2. The first-order chi connectivity index (χ1) is 4.97. The Morgan fingerprint density at radius 1 is 1.70 bits per heavy atom. The highest BCUT2D eigenvalue weighted by Gasteiger charge is 2.24. The Morgan fingerprint density at radius 2 is 2.70 bits per heavy atom. The van der Waals surface area contributed by atoms with Gasteiger partial charge in [0.05, 0.1) is 6.61 Å². The summed E-state index contributed by atoms with van der Waals surface area (Å²) in [7, 11) is 0. The quantitative estimate of drug-likeness (QED) is 0.545. The van der Waals surface area contributed by atoms with Crippen molar-refractivity contribution in [2.45, 2.75) is 6.42 Å². The third-order valence-electron chi connectivity index (χ3n) is 1.54. The van der Waals surface area contributed by atoms with Gasteiger partial charge in [-0.15, -0.1) is 0 Å². The Hall–Kier alpha value is -0.610.